The zero-order valence-electron chi connectivity index (χ0n) is 12.2. The Morgan fingerprint density at radius 1 is 1.35 bits per heavy atom. The molecule has 20 heavy (non-hydrogen) atoms. The molecule has 2 aliphatic rings. The number of nitrogens with zero attached hydrogens (tertiary/aromatic N) is 2. The Morgan fingerprint density at radius 2 is 2.20 bits per heavy atom. The molecule has 4 heteroatoms. The molecule has 0 radical (unpaired) electrons. The Bertz CT molecular complexity index is 475. The maximum atomic E-state index is 6.01. The van der Waals surface area contributed by atoms with Crippen molar-refractivity contribution in [2.24, 2.45) is 5.73 Å². The van der Waals surface area contributed by atoms with Crippen LogP contribution in [0.15, 0.2) is 22.7 Å². The van der Waals surface area contributed by atoms with Crippen LogP contribution in [-0.4, -0.2) is 43.2 Å². The highest BCUT2D eigenvalue weighted by Gasteiger charge is 2.31. The standard InChI is InChI=1S/C16H24BrN3/c1-12(18)9-13-4-5-14(17)10-16(13)20-8-7-19-6-2-3-15(19)11-20/h4-5,10,12,15H,2-3,6-9,11,18H2,1H3. The monoisotopic (exact) mass is 337 g/mol. The van der Waals surface area contributed by atoms with Gasteiger partial charge in [0.25, 0.3) is 0 Å². The van der Waals surface area contributed by atoms with E-state index >= 15 is 0 Å². The number of rotatable bonds is 3. The van der Waals surface area contributed by atoms with Crippen LogP contribution in [0.5, 0.6) is 0 Å². The van der Waals surface area contributed by atoms with Crippen molar-refractivity contribution < 1.29 is 0 Å². The summed E-state index contributed by atoms with van der Waals surface area (Å²) in [5, 5.41) is 0. The van der Waals surface area contributed by atoms with Gasteiger partial charge in [0.1, 0.15) is 0 Å². The summed E-state index contributed by atoms with van der Waals surface area (Å²) < 4.78 is 1.16. The summed E-state index contributed by atoms with van der Waals surface area (Å²) in [6.07, 6.45) is 3.67. The summed E-state index contributed by atoms with van der Waals surface area (Å²) in [5.41, 5.74) is 8.77. The van der Waals surface area contributed by atoms with Crippen LogP contribution in [0.1, 0.15) is 25.3 Å². The third-order valence-corrected chi connectivity index (χ3v) is 5.01. The Morgan fingerprint density at radius 3 is 3.00 bits per heavy atom. The second-order valence-corrected chi connectivity index (χ2v) is 7.15. The lowest BCUT2D eigenvalue weighted by Crippen LogP contribution is -2.50. The van der Waals surface area contributed by atoms with Gasteiger partial charge in [-0.25, -0.2) is 0 Å². The van der Waals surface area contributed by atoms with Gasteiger partial charge >= 0.3 is 0 Å². The molecule has 1 aromatic rings. The molecule has 2 unspecified atom stereocenters. The first kappa shape index (κ1) is 14.4. The van der Waals surface area contributed by atoms with E-state index in [9.17, 15) is 0 Å². The molecule has 0 aromatic heterocycles. The van der Waals surface area contributed by atoms with Crippen LogP contribution < -0.4 is 10.6 Å². The minimum absolute atomic E-state index is 0.211. The van der Waals surface area contributed by atoms with Crippen molar-refractivity contribution in [1.29, 1.82) is 0 Å². The van der Waals surface area contributed by atoms with E-state index in [2.05, 4.69) is 50.9 Å². The van der Waals surface area contributed by atoms with Gasteiger partial charge in [0.2, 0.25) is 0 Å². The molecule has 110 valence electrons. The number of halogens is 1. The van der Waals surface area contributed by atoms with Gasteiger partial charge in [0, 0.05) is 41.9 Å². The number of anilines is 1. The van der Waals surface area contributed by atoms with Gasteiger partial charge in [-0.2, -0.15) is 0 Å². The predicted octanol–water partition coefficient (Wildman–Crippen LogP) is 2.62. The summed E-state index contributed by atoms with van der Waals surface area (Å²) in [4.78, 5) is 5.22. The second-order valence-electron chi connectivity index (χ2n) is 6.23. The van der Waals surface area contributed by atoms with Crippen molar-refractivity contribution in [3.8, 4) is 0 Å². The van der Waals surface area contributed by atoms with Crippen LogP contribution in [0.3, 0.4) is 0 Å². The average Bonchev–Trinajstić information content (AvgIpc) is 2.87. The van der Waals surface area contributed by atoms with Gasteiger partial charge in [0.05, 0.1) is 0 Å². The summed E-state index contributed by atoms with van der Waals surface area (Å²) in [6.45, 7) is 6.89. The van der Waals surface area contributed by atoms with Crippen molar-refractivity contribution in [2.75, 3.05) is 31.1 Å². The minimum atomic E-state index is 0.211. The van der Waals surface area contributed by atoms with E-state index < -0.39 is 0 Å². The molecule has 0 bridgehead atoms. The Labute approximate surface area is 130 Å². The van der Waals surface area contributed by atoms with Crippen LogP contribution in [0.2, 0.25) is 0 Å². The van der Waals surface area contributed by atoms with Crippen molar-refractivity contribution >= 4 is 21.6 Å². The Kier molecular flexibility index (Phi) is 4.34. The van der Waals surface area contributed by atoms with Crippen molar-refractivity contribution in [2.45, 2.75) is 38.3 Å². The van der Waals surface area contributed by atoms with Crippen molar-refractivity contribution in [3.63, 3.8) is 0 Å². The number of hydrogen-bond donors (Lipinski definition) is 1. The minimum Gasteiger partial charge on any atom is -0.368 e. The van der Waals surface area contributed by atoms with Crippen LogP contribution in [-0.2, 0) is 6.42 Å². The van der Waals surface area contributed by atoms with E-state index in [0.717, 1.165) is 23.5 Å². The molecule has 0 amide bonds. The lowest BCUT2D eigenvalue weighted by molar-refractivity contribution is 0.231. The fourth-order valence-corrected chi connectivity index (χ4v) is 3.91. The Balaban J connectivity index is 1.83. The topological polar surface area (TPSA) is 32.5 Å². The zero-order valence-corrected chi connectivity index (χ0v) is 13.8. The summed E-state index contributed by atoms with van der Waals surface area (Å²) in [5.74, 6) is 0. The first-order valence-electron chi connectivity index (χ1n) is 7.66. The van der Waals surface area contributed by atoms with E-state index in [4.69, 9.17) is 5.73 Å². The SMILES string of the molecule is CC(N)Cc1ccc(Br)cc1N1CCN2CCCC2C1. The molecular formula is C16H24BrN3. The quantitative estimate of drug-likeness (QED) is 0.920. The summed E-state index contributed by atoms with van der Waals surface area (Å²) >= 11 is 3.62. The molecule has 2 heterocycles. The fourth-order valence-electron chi connectivity index (χ4n) is 3.56. The number of nitrogens with two attached hydrogens (primary N) is 1. The lowest BCUT2D eigenvalue weighted by atomic mass is 10.0. The highest BCUT2D eigenvalue weighted by Crippen LogP contribution is 2.30. The number of fused-ring (bicyclic) bond motifs is 1. The van der Waals surface area contributed by atoms with Gasteiger partial charge in [-0.05, 0) is 50.4 Å². The van der Waals surface area contributed by atoms with Gasteiger partial charge in [-0.3, -0.25) is 4.90 Å². The van der Waals surface area contributed by atoms with E-state index in [-0.39, 0.29) is 6.04 Å². The summed E-state index contributed by atoms with van der Waals surface area (Å²) in [6, 6.07) is 7.59. The van der Waals surface area contributed by atoms with Crippen LogP contribution in [0, 0.1) is 0 Å². The van der Waals surface area contributed by atoms with E-state index in [1.807, 2.05) is 0 Å². The van der Waals surface area contributed by atoms with Gasteiger partial charge in [-0.15, -0.1) is 0 Å². The molecular weight excluding hydrogens is 314 g/mol. The highest BCUT2D eigenvalue weighted by atomic mass is 79.9. The van der Waals surface area contributed by atoms with Crippen LogP contribution in [0.25, 0.3) is 0 Å². The van der Waals surface area contributed by atoms with Crippen LogP contribution in [0.4, 0.5) is 5.69 Å². The highest BCUT2D eigenvalue weighted by molar-refractivity contribution is 9.10. The van der Waals surface area contributed by atoms with Gasteiger partial charge < -0.3 is 10.6 Å². The molecule has 0 aliphatic carbocycles. The maximum absolute atomic E-state index is 6.01. The van der Waals surface area contributed by atoms with Crippen LogP contribution >= 0.6 is 15.9 Å². The molecule has 2 N–H and O–H groups in total. The molecule has 2 atom stereocenters. The number of benzene rings is 1. The smallest absolute Gasteiger partial charge is 0.0411 e. The lowest BCUT2D eigenvalue weighted by Gasteiger charge is -2.39. The third kappa shape index (κ3) is 3.02. The fraction of sp³-hybridized carbons (Fsp3) is 0.625. The van der Waals surface area contributed by atoms with Crippen molar-refractivity contribution in [3.05, 3.63) is 28.2 Å². The molecule has 2 saturated heterocycles. The molecule has 0 spiro atoms. The largest absolute Gasteiger partial charge is 0.368 e. The molecule has 3 rings (SSSR count). The first-order valence-corrected chi connectivity index (χ1v) is 8.46. The predicted molar refractivity (Wildman–Crippen MR) is 88.3 cm³/mol. The third-order valence-electron chi connectivity index (χ3n) is 4.52. The molecule has 0 saturated carbocycles. The first-order chi connectivity index (χ1) is 9.63. The van der Waals surface area contributed by atoms with Crippen molar-refractivity contribution in [1.82, 2.24) is 4.90 Å². The zero-order chi connectivity index (χ0) is 14.1. The van der Waals surface area contributed by atoms with E-state index in [1.165, 1.54) is 43.7 Å². The van der Waals surface area contributed by atoms with E-state index in [1.54, 1.807) is 0 Å². The molecule has 1 aromatic carbocycles. The Hall–Kier alpha value is -0.580. The van der Waals surface area contributed by atoms with Gasteiger partial charge in [0.15, 0.2) is 0 Å². The number of hydrogen-bond acceptors (Lipinski definition) is 3. The second kappa shape index (κ2) is 6.04. The maximum Gasteiger partial charge on any atom is 0.0411 e. The average molecular weight is 338 g/mol. The number of piperazine rings is 1. The normalized spacial score (nSPS) is 24.8. The molecule has 3 nitrogen and oxygen atoms in total. The molecule has 2 aliphatic heterocycles. The summed E-state index contributed by atoms with van der Waals surface area (Å²) in [7, 11) is 0. The molecule has 2 fully saturated rings. The van der Waals surface area contributed by atoms with E-state index in [0.29, 0.717) is 0 Å². The van der Waals surface area contributed by atoms with Gasteiger partial charge in [-0.1, -0.05) is 22.0 Å².